The van der Waals surface area contributed by atoms with Crippen molar-refractivity contribution < 1.29 is 9.59 Å². The van der Waals surface area contributed by atoms with E-state index in [1.807, 2.05) is 50.2 Å². The van der Waals surface area contributed by atoms with Crippen molar-refractivity contribution in [1.29, 1.82) is 0 Å². The maximum Gasteiger partial charge on any atom is 0.255 e. The summed E-state index contributed by atoms with van der Waals surface area (Å²) in [5.74, 6) is -0.151. The Labute approximate surface area is 149 Å². The second-order valence-corrected chi connectivity index (χ2v) is 6.80. The summed E-state index contributed by atoms with van der Waals surface area (Å²) in [5.41, 5.74) is 2.24. The zero-order valence-electron chi connectivity index (χ0n) is 13.1. The number of hydrogen-bond acceptors (Lipinski definition) is 2. The van der Waals surface area contributed by atoms with Crippen molar-refractivity contribution in [3.8, 4) is 0 Å². The van der Waals surface area contributed by atoms with Gasteiger partial charge < -0.3 is 10.6 Å². The van der Waals surface area contributed by atoms with E-state index in [9.17, 15) is 9.59 Å². The molecule has 0 unspecified atom stereocenters. The summed E-state index contributed by atoms with van der Waals surface area (Å²) in [6, 6.07) is 14.8. The molecule has 120 valence electrons. The third-order valence-corrected chi connectivity index (χ3v) is 3.85. The predicted octanol–water partition coefficient (Wildman–Crippen LogP) is 3.61. The van der Waals surface area contributed by atoms with Gasteiger partial charge in [0.15, 0.2) is 0 Å². The van der Waals surface area contributed by atoms with Crippen LogP contribution in [0.25, 0.3) is 0 Å². The molecule has 0 saturated heterocycles. The van der Waals surface area contributed by atoms with Gasteiger partial charge in [0.2, 0.25) is 5.91 Å². The third kappa shape index (κ3) is 5.67. The summed E-state index contributed by atoms with van der Waals surface area (Å²) in [5, 5.41) is 5.70. The minimum Gasteiger partial charge on any atom is -0.354 e. The summed E-state index contributed by atoms with van der Waals surface area (Å²) in [6.07, 6.45) is 0.337. The maximum absolute atomic E-state index is 12.1. The van der Waals surface area contributed by atoms with Crippen LogP contribution in [0.4, 0.5) is 5.69 Å². The van der Waals surface area contributed by atoms with Crippen molar-refractivity contribution >= 4 is 40.1 Å². The average molecular weight is 422 g/mol. The lowest BCUT2D eigenvalue weighted by molar-refractivity contribution is -0.120. The van der Waals surface area contributed by atoms with Crippen molar-refractivity contribution in [2.24, 2.45) is 0 Å². The lowest BCUT2D eigenvalue weighted by atomic mass is 10.1. The monoisotopic (exact) mass is 422 g/mol. The highest BCUT2D eigenvalue weighted by atomic mass is 127. The number of benzene rings is 2. The molecular weight excluding hydrogens is 403 g/mol. The summed E-state index contributed by atoms with van der Waals surface area (Å²) in [6.45, 7) is 3.86. The Hall–Kier alpha value is -1.89. The number of nitrogens with one attached hydrogen (secondary N) is 2. The van der Waals surface area contributed by atoms with Gasteiger partial charge in [0.25, 0.3) is 5.91 Å². The van der Waals surface area contributed by atoms with E-state index in [0.29, 0.717) is 17.7 Å². The van der Waals surface area contributed by atoms with Crippen molar-refractivity contribution in [2.45, 2.75) is 26.3 Å². The van der Waals surface area contributed by atoms with Gasteiger partial charge in [0.05, 0.1) is 6.42 Å². The van der Waals surface area contributed by atoms with Crippen molar-refractivity contribution in [3.05, 3.63) is 63.2 Å². The van der Waals surface area contributed by atoms with Gasteiger partial charge in [-0.05, 0) is 78.4 Å². The number of carbonyl (C=O) groups is 2. The van der Waals surface area contributed by atoms with Crippen LogP contribution in [0.1, 0.15) is 29.8 Å². The first-order valence-electron chi connectivity index (χ1n) is 7.39. The minimum atomic E-state index is -0.147. The largest absolute Gasteiger partial charge is 0.354 e. The molecule has 0 fully saturated rings. The van der Waals surface area contributed by atoms with Crippen LogP contribution >= 0.6 is 22.6 Å². The zero-order valence-corrected chi connectivity index (χ0v) is 15.3. The Morgan fingerprint density at radius 3 is 2.17 bits per heavy atom. The molecule has 2 amide bonds. The Balaban J connectivity index is 1.95. The molecule has 0 aromatic heterocycles. The molecular formula is C18H19IN2O2. The number of hydrogen-bond donors (Lipinski definition) is 2. The summed E-state index contributed by atoms with van der Waals surface area (Å²) in [4.78, 5) is 23.8. The van der Waals surface area contributed by atoms with E-state index in [1.165, 1.54) is 0 Å². The molecule has 0 aliphatic rings. The fraction of sp³-hybridized carbons (Fsp3) is 0.222. The molecule has 0 heterocycles. The highest BCUT2D eigenvalue weighted by Crippen LogP contribution is 2.13. The number of amides is 2. The number of carbonyl (C=O) groups excluding carboxylic acids is 2. The van der Waals surface area contributed by atoms with E-state index in [-0.39, 0.29) is 17.9 Å². The van der Waals surface area contributed by atoms with Crippen LogP contribution < -0.4 is 10.6 Å². The van der Waals surface area contributed by atoms with E-state index in [1.54, 1.807) is 12.1 Å². The quantitative estimate of drug-likeness (QED) is 0.724. The Bertz CT molecular complexity index is 679. The van der Waals surface area contributed by atoms with Crippen LogP contribution in [0.5, 0.6) is 0 Å². The fourth-order valence-electron chi connectivity index (χ4n) is 2.07. The second kappa shape index (κ2) is 8.10. The second-order valence-electron chi connectivity index (χ2n) is 5.56. The highest BCUT2D eigenvalue weighted by Gasteiger charge is 2.07. The van der Waals surface area contributed by atoms with E-state index < -0.39 is 0 Å². The first-order chi connectivity index (χ1) is 10.9. The normalized spacial score (nSPS) is 10.4. The van der Waals surface area contributed by atoms with Crippen molar-refractivity contribution in [1.82, 2.24) is 5.32 Å². The Kier molecular flexibility index (Phi) is 6.15. The summed E-state index contributed by atoms with van der Waals surface area (Å²) >= 11 is 2.20. The van der Waals surface area contributed by atoms with E-state index in [0.717, 1.165) is 9.13 Å². The summed E-state index contributed by atoms with van der Waals surface area (Å²) in [7, 11) is 0. The SMILES string of the molecule is CC(C)NC(=O)Cc1ccc(NC(=O)c2ccc(I)cc2)cc1. The molecule has 23 heavy (non-hydrogen) atoms. The van der Waals surface area contributed by atoms with Gasteiger partial charge >= 0.3 is 0 Å². The summed E-state index contributed by atoms with van der Waals surface area (Å²) < 4.78 is 1.09. The van der Waals surface area contributed by atoms with Crippen LogP contribution in [0.3, 0.4) is 0 Å². The highest BCUT2D eigenvalue weighted by molar-refractivity contribution is 14.1. The van der Waals surface area contributed by atoms with Crippen molar-refractivity contribution in [2.75, 3.05) is 5.32 Å². The lowest BCUT2D eigenvalue weighted by Crippen LogP contribution is -2.31. The molecule has 0 spiro atoms. The molecule has 2 N–H and O–H groups in total. The Morgan fingerprint density at radius 2 is 1.61 bits per heavy atom. The predicted molar refractivity (Wildman–Crippen MR) is 101 cm³/mol. The number of halogens is 1. The molecule has 2 aromatic carbocycles. The van der Waals surface area contributed by atoms with Gasteiger partial charge in [0.1, 0.15) is 0 Å². The third-order valence-electron chi connectivity index (χ3n) is 3.13. The average Bonchev–Trinajstić information content (AvgIpc) is 2.49. The number of anilines is 1. The topological polar surface area (TPSA) is 58.2 Å². The first-order valence-corrected chi connectivity index (χ1v) is 8.47. The molecule has 0 aliphatic heterocycles. The van der Waals surface area contributed by atoms with E-state index in [2.05, 4.69) is 33.2 Å². The molecule has 0 aliphatic carbocycles. The standard InChI is InChI=1S/C18H19IN2O2/c1-12(2)20-17(22)11-13-3-9-16(10-4-13)21-18(23)14-5-7-15(19)8-6-14/h3-10,12H,11H2,1-2H3,(H,20,22)(H,21,23). The van der Waals surface area contributed by atoms with Crippen molar-refractivity contribution in [3.63, 3.8) is 0 Å². The van der Waals surface area contributed by atoms with Gasteiger partial charge in [-0.1, -0.05) is 12.1 Å². The van der Waals surface area contributed by atoms with E-state index in [4.69, 9.17) is 0 Å². The minimum absolute atomic E-state index is 0.00401. The molecule has 0 radical (unpaired) electrons. The molecule has 2 aromatic rings. The van der Waals surface area contributed by atoms with Gasteiger partial charge in [-0.15, -0.1) is 0 Å². The van der Waals surface area contributed by atoms with Gasteiger partial charge in [-0.2, -0.15) is 0 Å². The molecule has 0 bridgehead atoms. The van der Waals surface area contributed by atoms with Crippen LogP contribution in [-0.2, 0) is 11.2 Å². The molecule has 0 atom stereocenters. The van der Waals surface area contributed by atoms with Gasteiger partial charge in [-0.25, -0.2) is 0 Å². The Morgan fingerprint density at radius 1 is 1.00 bits per heavy atom. The van der Waals surface area contributed by atoms with Crippen LogP contribution in [0.15, 0.2) is 48.5 Å². The fourth-order valence-corrected chi connectivity index (χ4v) is 2.43. The zero-order chi connectivity index (χ0) is 16.8. The van der Waals surface area contributed by atoms with Crippen LogP contribution in [0, 0.1) is 3.57 Å². The van der Waals surface area contributed by atoms with E-state index >= 15 is 0 Å². The maximum atomic E-state index is 12.1. The first kappa shape index (κ1) is 17.5. The lowest BCUT2D eigenvalue weighted by Gasteiger charge is -2.09. The van der Waals surface area contributed by atoms with Crippen LogP contribution in [-0.4, -0.2) is 17.9 Å². The van der Waals surface area contributed by atoms with Gasteiger partial charge in [0, 0.05) is 20.9 Å². The smallest absolute Gasteiger partial charge is 0.255 e. The van der Waals surface area contributed by atoms with Gasteiger partial charge in [-0.3, -0.25) is 9.59 Å². The molecule has 5 heteroatoms. The molecule has 2 rings (SSSR count). The molecule has 4 nitrogen and oxygen atoms in total. The van der Waals surface area contributed by atoms with Crippen LogP contribution in [0.2, 0.25) is 0 Å². The molecule has 0 saturated carbocycles. The number of rotatable bonds is 5.